The molecule has 2 aliphatic heterocycles. The number of piperidine rings is 1. The average Bonchev–Trinajstić information content (AvgIpc) is 3.23. The van der Waals surface area contributed by atoms with E-state index in [4.69, 9.17) is 4.84 Å². The lowest BCUT2D eigenvalue weighted by Gasteiger charge is -2.33. The number of rotatable bonds is 5. The van der Waals surface area contributed by atoms with Crippen LogP contribution < -0.4 is 5.48 Å². The Morgan fingerprint density at radius 1 is 1.06 bits per heavy atom. The van der Waals surface area contributed by atoms with Crippen LogP contribution in [0, 0.1) is 6.92 Å². The number of hydrogen-bond acceptors (Lipinski definition) is 5. The van der Waals surface area contributed by atoms with Crippen LogP contribution >= 0.6 is 0 Å². The van der Waals surface area contributed by atoms with Gasteiger partial charge in [0.2, 0.25) is 5.91 Å². The Morgan fingerprint density at radius 3 is 2.41 bits per heavy atom. The summed E-state index contributed by atoms with van der Waals surface area (Å²) in [5, 5.41) is 9.76. The zero-order valence-electron chi connectivity index (χ0n) is 18.5. The van der Waals surface area contributed by atoms with Crippen LogP contribution in [0.25, 0.3) is 11.1 Å². The van der Waals surface area contributed by atoms with E-state index >= 15 is 0 Å². The summed E-state index contributed by atoms with van der Waals surface area (Å²) < 4.78 is 0. The SMILES string of the molecule is CONC1=CN(C(=O)c2ccc(-c3ccccc3C)cc2)C(C(=O)N2CCC(O)CC2)C1. The van der Waals surface area contributed by atoms with Crippen molar-refractivity contribution in [3.05, 3.63) is 71.6 Å². The molecule has 1 unspecified atom stereocenters. The second kappa shape index (κ2) is 9.54. The molecule has 2 aliphatic rings. The van der Waals surface area contributed by atoms with Crippen LogP contribution in [0.4, 0.5) is 0 Å². The van der Waals surface area contributed by atoms with Crippen LogP contribution in [0.15, 0.2) is 60.4 Å². The highest BCUT2D eigenvalue weighted by molar-refractivity contribution is 5.99. The van der Waals surface area contributed by atoms with Crippen LogP contribution in [-0.4, -0.2) is 59.1 Å². The van der Waals surface area contributed by atoms with Crippen molar-refractivity contribution in [1.29, 1.82) is 0 Å². The van der Waals surface area contributed by atoms with E-state index in [1.807, 2.05) is 24.3 Å². The van der Waals surface area contributed by atoms with Crippen LogP contribution in [0.2, 0.25) is 0 Å². The predicted octanol–water partition coefficient (Wildman–Crippen LogP) is 2.85. The Morgan fingerprint density at radius 2 is 1.75 bits per heavy atom. The molecule has 1 saturated heterocycles. The largest absolute Gasteiger partial charge is 0.393 e. The molecule has 2 N–H and O–H groups in total. The Hall–Kier alpha value is -3.16. The number of carbonyl (C=O) groups is 2. The molecule has 1 fully saturated rings. The fraction of sp³-hybridized carbons (Fsp3) is 0.360. The lowest BCUT2D eigenvalue weighted by atomic mass is 9.99. The minimum atomic E-state index is -0.633. The van der Waals surface area contributed by atoms with Crippen molar-refractivity contribution in [2.75, 3.05) is 20.2 Å². The third-order valence-electron chi connectivity index (χ3n) is 6.16. The smallest absolute Gasteiger partial charge is 0.258 e. The van der Waals surface area contributed by atoms with Gasteiger partial charge in [-0.05, 0) is 48.6 Å². The summed E-state index contributed by atoms with van der Waals surface area (Å²) in [6, 6.07) is 15.0. The van der Waals surface area contributed by atoms with Gasteiger partial charge in [0.1, 0.15) is 6.04 Å². The number of nitrogens with zero attached hydrogens (tertiary/aromatic N) is 2. The van der Waals surface area contributed by atoms with Crippen molar-refractivity contribution in [1.82, 2.24) is 15.3 Å². The molecule has 2 aromatic rings. The quantitative estimate of drug-likeness (QED) is 0.706. The summed E-state index contributed by atoms with van der Waals surface area (Å²) in [4.78, 5) is 34.8. The number of likely N-dealkylation sites (tertiary alicyclic amines) is 1. The highest BCUT2D eigenvalue weighted by atomic mass is 16.6. The van der Waals surface area contributed by atoms with Crippen molar-refractivity contribution in [3.8, 4) is 11.1 Å². The number of hydrogen-bond donors (Lipinski definition) is 2. The van der Waals surface area contributed by atoms with Crippen LogP contribution in [0.5, 0.6) is 0 Å². The third-order valence-corrected chi connectivity index (χ3v) is 6.16. The van der Waals surface area contributed by atoms with Gasteiger partial charge in [-0.15, -0.1) is 0 Å². The molecule has 2 heterocycles. The van der Waals surface area contributed by atoms with E-state index in [9.17, 15) is 14.7 Å². The summed E-state index contributed by atoms with van der Waals surface area (Å²) in [7, 11) is 1.50. The summed E-state index contributed by atoms with van der Waals surface area (Å²) in [5.74, 6) is -0.337. The minimum absolute atomic E-state index is 0.106. The van der Waals surface area contributed by atoms with Gasteiger partial charge >= 0.3 is 0 Å². The number of hydroxylamine groups is 1. The van der Waals surface area contributed by atoms with Gasteiger partial charge in [-0.25, -0.2) is 0 Å². The first kappa shape index (κ1) is 22.0. The van der Waals surface area contributed by atoms with Gasteiger partial charge in [-0.2, -0.15) is 0 Å². The molecule has 0 radical (unpaired) electrons. The number of aryl methyl sites for hydroxylation is 1. The fourth-order valence-corrected chi connectivity index (χ4v) is 4.36. The van der Waals surface area contributed by atoms with E-state index in [1.165, 1.54) is 17.6 Å². The molecule has 32 heavy (non-hydrogen) atoms. The number of amides is 2. The maximum absolute atomic E-state index is 13.4. The van der Waals surface area contributed by atoms with E-state index in [0.717, 1.165) is 11.1 Å². The molecular weight excluding hydrogens is 406 g/mol. The van der Waals surface area contributed by atoms with E-state index in [0.29, 0.717) is 43.6 Å². The normalized spacial score (nSPS) is 19.1. The maximum Gasteiger partial charge on any atom is 0.258 e. The van der Waals surface area contributed by atoms with Gasteiger partial charge < -0.3 is 14.9 Å². The van der Waals surface area contributed by atoms with Crippen LogP contribution in [0.3, 0.4) is 0 Å². The minimum Gasteiger partial charge on any atom is -0.393 e. The van der Waals surface area contributed by atoms with Crippen LogP contribution in [0.1, 0.15) is 35.2 Å². The first-order valence-corrected chi connectivity index (χ1v) is 10.9. The van der Waals surface area contributed by atoms with E-state index in [1.54, 1.807) is 23.2 Å². The Balaban J connectivity index is 1.55. The van der Waals surface area contributed by atoms with Gasteiger partial charge in [-0.1, -0.05) is 36.4 Å². The number of aliphatic hydroxyl groups excluding tert-OH is 1. The molecule has 1 atom stereocenters. The Bertz CT molecular complexity index is 1010. The van der Waals surface area contributed by atoms with E-state index in [2.05, 4.69) is 24.5 Å². The molecule has 2 aromatic carbocycles. The monoisotopic (exact) mass is 435 g/mol. The average molecular weight is 436 g/mol. The summed E-state index contributed by atoms with van der Waals surface area (Å²) in [6.07, 6.45) is 2.77. The maximum atomic E-state index is 13.4. The summed E-state index contributed by atoms with van der Waals surface area (Å²) in [5.41, 5.74) is 7.29. The van der Waals surface area contributed by atoms with Crippen molar-refractivity contribution >= 4 is 11.8 Å². The molecule has 0 aliphatic carbocycles. The predicted molar refractivity (Wildman–Crippen MR) is 121 cm³/mol. The molecule has 7 heteroatoms. The van der Waals surface area contributed by atoms with Gasteiger partial charge in [-0.3, -0.25) is 19.9 Å². The van der Waals surface area contributed by atoms with Crippen molar-refractivity contribution in [2.45, 2.75) is 38.3 Å². The Labute approximate surface area is 188 Å². The van der Waals surface area contributed by atoms with Crippen molar-refractivity contribution in [3.63, 3.8) is 0 Å². The van der Waals surface area contributed by atoms with Gasteiger partial charge in [0.05, 0.1) is 18.9 Å². The molecule has 2 amide bonds. The number of nitrogens with one attached hydrogen (secondary N) is 1. The van der Waals surface area contributed by atoms with Crippen molar-refractivity contribution < 1.29 is 19.5 Å². The molecule has 168 valence electrons. The number of aliphatic hydroxyl groups is 1. The molecule has 4 rings (SSSR count). The second-order valence-corrected chi connectivity index (χ2v) is 8.34. The lowest BCUT2D eigenvalue weighted by Crippen LogP contribution is -2.50. The zero-order valence-corrected chi connectivity index (χ0v) is 18.5. The summed E-state index contributed by atoms with van der Waals surface area (Å²) >= 11 is 0. The van der Waals surface area contributed by atoms with E-state index < -0.39 is 6.04 Å². The topological polar surface area (TPSA) is 82.1 Å². The molecular formula is C25H29N3O4. The zero-order chi connectivity index (χ0) is 22.7. The first-order chi connectivity index (χ1) is 15.5. The van der Waals surface area contributed by atoms with Gasteiger partial charge in [0.15, 0.2) is 0 Å². The molecule has 7 nitrogen and oxygen atoms in total. The highest BCUT2D eigenvalue weighted by Gasteiger charge is 2.38. The van der Waals surface area contributed by atoms with E-state index in [-0.39, 0.29) is 17.9 Å². The Kier molecular flexibility index (Phi) is 6.58. The fourth-order valence-electron chi connectivity index (χ4n) is 4.36. The van der Waals surface area contributed by atoms with Gasteiger partial charge in [0.25, 0.3) is 5.91 Å². The molecule has 0 bridgehead atoms. The molecule has 0 saturated carbocycles. The molecule has 0 aromatic heterocycles. The first-order valence-electron chi connectivity index (χ1n) is 10.9. The lowest BCUT2D eigenvalue weighted by molar-refractivity contribution is -0.137. The van der Waals surface area contributed by atoms with Crippen LogP contribution in [-0.2, 0) is 9.63 Å². The number of carbonyl (C=O) groups excluding carboxylic acids is 2. The number of benzene rings is 2. The standard InChI is InChI=1S/C25H29N3O4/c1-17-5-3-4-6-22(17)18-7-9-19(10-8-18)24(30)28-16-20(26-32-2)15-23(28)25(31)27-13-11-21(29)12-14-27/h3-10,16,21,23,26,29H,11-15H2,1-2H3. The van der Waals surface area contributed by atoms with Crippen molar-refractivity contribution in [2.24, 2.45) is 0 Å². The molecule has 0 spiro atoms. The summed E-state index contributed by atoms with van der Waals surface area (Å²) in [6.45, 7) is 3.05. The third kappa shape index (κ3) is 4.54. The van der Waals surface area contributed by atoms with Gasteiger partial charge in [0, 0.05) is 31.3 Å². The second-order valence-electron chi connectivity index (χ2n) is 8.34. The highest BCUT2D eigenvalue weighted by Crippen LogP contribution is 2.27.